The van der Waals surface area contributed by atoms with Crippen molar-refractivity contribution in [2.75, 3.05) is 7.11 Å². The Bertz CT molecular complexity index is 300. The standard InChI is InChI=1S/C14H22O/c1-8(2)13-10-4-9-5-11(7-10)14(15-3)12(13)6-9/h9-12,14H,4-7H2,1-3H3/t9-,10+,11-,12+,14?/m0/s1. The number of ether oxygens (including phenoxy) is 1. The van der Waals surface area contributed by atoms with Crippen molar-refractivity contribution in [2.24, 2.45) is 23.7 Å². The molecule has 15 heavy (non-hydrogen) atoms. The minimum absolute atomic E-state index is 0.544. The molecule has 5 atom stereocenters. The molecule has 4 saturated carbocycles. The van der Waals surface area contributed by atoms with E-state index in [1.165, 1.54) is 25.7 Å². The Labute approximate surface area is 92.9 Å². The number of rotatable bonds is 1. The van der Waals surface area contributed by atoms with Crippen molar-refractivity contribution in [3.05, 3.63) is 11.1 Å². The quantitative estimate of drug-likeness (QED) is 0.597. The molecule has 0 spiro atoms. The van der Waals surface area contributed by atoms with Crippen molar-refractivity contribution in [3.63, 3.8) is 0 Å². The highest BCUT2D eigenvalue weighted by molar-refractivity contribution is 5.26. The molecular formula is C14H22O. The zero-order valence-corrected chi connectivity index (χ0v) is 10.1. The van der Waals surface area contributed by atoms with Crippen LogP contribution >= 0.6 is 0 Å². The van der Waals surface area contributed by atoms with E-state index in [1.807, 2.05) is 7.11 Å². The van der Waals surface area contributed by atoms with Gasteiger partial charge in [0.15, 0.2) is 0 Å². The molecule has 1 heteroatoms. The van der Waals surface area contributed by atoms with Crippen molar-refractivity contribution in [1.82, 2.24) is 0 Å². The fraction of sp³-hybridized carbons (Fsp3) is 0.857. The molecule has 0 aromatic carbocycles. The molecule has 4 aliphatic rings. The van der Waals surface area contributed by atoms with Gasteiger partial charge in [-0.3, -0.25) is 0 Å². The lowest BCUT2D eigenvalue weighted by atomic mass is 9.52. The molecule has 4 bridgehead atoms. The van der Waals surface area contributed by atoms with E-state index in [0.717, 1.165) is 23.7 Å². The van der Waals surface area contributed by atoms with E-state index in [9.17, 15) is 0 Å². The molecule has 0 amide bonds. The molecule has 4 rings (SSSR count). The Morgan fingerprint density at radius 1 is 1.13 bits per heavy atom. The smallest absolute Gasteiger partial charge is 0.0665 e. The highest BCUT2D eigenvalue weighted by Crippen LogP contribution is 2.57. The van der Waals surface area contributed by atoms with Crippen LogP contribution in [-0.4, -0.2) is 13.2 Å². The van der Waals surface area contributed by atoms with Crippen LogP contribution in [-0.2, 0) is 4.74 Å². The topological polar surface area (TPSA) is 9.23 Å². The van der Waals surface area contributed by atoms with E-state index in [4.69, 9.17) is 4.74 Å². The summed E-state index contributed by atoms with van der Waals surface area (Å²) in [5, 5.41) is 0. The van der Waals surface area contributed by atoms with E-state index in [0.29, 0.717) is 6.10 Å². The average molecular weight is 206 g/mol. The largest absolute Gasteiger partial charge is 0.381 e. The van der Waals surface area contributed by atoms with Crippen LogP contribution in [0.25, 0.3) is 0 Å². The van der Waals surface area contributed by atoms with Crippen LogP contribution in [0.2, 0.25) is 0 Å². The van der Waals surface area contributed by atoms with Gasteiger partial charge >= 0.3 is 0 Å². The second kappa shape index (κ2) is 3.35. The zero-order valence-electron chi connectivity index (χ0n) is 10.1. The number of allylic oxidation sites excluding steroid dienone is 1. The van der Waals surface area contributed by atoms with Gasteiger partial charge in [-0.25, -0.2) is 0 Å². The SMILES string of the molecule is COC1[C@H]2C[C@@H]3C[C@H](C2)C(=C(C)C)[C@H]1C3. The third-order valence-corrected chi connectivity index (χ3v) is 4.98. The first kappa shape index (κ1) is 9.89. The Morgan fingerprint density at radius 3 is 2.60 bits per heavy atom. The molecule has 1 unspecified atom stereocenters. The van der Waals surface area contributed by atoms with Gasteiger partial charge < -0.3 is 4.74 Å². The number of methoxy groups -OCH3 is 1. The van der Waals surface area contributed by atoms with E-state index in [1.54, 1.807) is 11.1 Å². The van der Waals surface area contributed by atoms with Gasteiger partial charge in [-0.05, 0) is 57.3 Å². The summed E-state index contributed by atoms with van der Waals surface area (Å²) in [6.07, 6.45) is 6.28. The lowest BCUT2D eigenvalue weighted by Gasteiger charge is -2.55. The predicted molar refractivity (Wildman–Crippen MR) is 61.6 cm³/mol. The highest BCUT2D eigenvalue weighted by atomic mass is 16.5. The van der Waals surface area contributed by atoms with E-state index < -0.39 is 0 Å². The number of hydrogen-bond acceptors (Lipinski definition) is 1. The fourth-order valence-corrected chi connectivity index (χ4v) is 4.76. The molecule has 1 nitrogen and oxygen atoms in total. The lowest BCUT2D eigenvalue weighted by molar-refractivity contribution is -0.0809. The second-order valence-corrected chi connectivity index (χ2v) is 6.03. The van der Waals surface area contributed by atoms with Gasteiger partial charge in [0.05, 0.1) is 6.10 Å². The van der Waals surface area contributed by atoms with Gasteiger partial charge in [0.25, 0.3) is 0 Å². The average Bonchev–Trinajstić information content (AvgIpc) is 2.16. The number of hydrogen-bond donors (Lipinski definition) is 0. The van der Waals surface area contributed by atoms with Crippen LogP contribution in [0, 0.1) is 23.7 Å². The summed E-state index contributed by atoms with van der Waals surface area (Å²) in [4.78, 5) is 0. The van der Waals surface area contributed by atoms with Crippen LogP contribution in [0.1, 0.15) is 39.5 Å². The first-order chi connectivity index (χ1) is 7.20. The summed E-state index contributed by atoms with van der Waals surface area (Å²) < 4.78 is 5.77. The summed E-state index contributed by atoms with van der Waals surface area (Å²) >= 11 is 0. The summed E-state index contributed by atoms with van der Waals surface area (Å²) in [6, 6.07) is 0. The maximum atomic E-state index is 5.77. The first-order valence-corrected chi connectivity index (χ1v) is 6.40. The van der Waals surface area contributed by atoms with E-state index in [2.05, 4.69) is 13.8 Å². The summed E-state index contributed by atoms with van der Waals surface area (Å²) in [5.74, 6) is 3.59. The Balaban J connectivity index is 1.99. The Hall–Kier alpha value is -0.300. The van der Waals surface area contributed by atoms with Gasteiger partial charge in [0.2, 0.25) is 0 Å². The molecular weight excluding hydrogens is 184 g/mol. The third kappa shape index (κ3) is 1.32. The summed E-state index contributed by atoms with van der Waals surface area (Å²) in [5.41, 5.74) is 3.35. The molecule has 4 aliphatic carbocycles. The second-order valence-electron chi connectivity index (χ2n) is 6.03. The molecule has 84 valence electrons. The molecule has 0 aliphatic heterocycles. The highest BCUT2D eigenvalue weighted by Gasteiger charge is 2.51. The molecule has 0 heterocycles. The van der Waals surface area contributed by atoms with Crippen molar-refractivity contribution in [3.8, 4) is 0 Å². The van der Waals surface area contributed by atoms with Crippen LogP contribution in [0.4, 0.5) is 0 Å². The van der Waals surface area contributed by atoms with Gasteiger partial charge in [0, 0.05) is 13.0 Å². The maximum absolute atomic E-state index is 5.77. The van der Waals surface area contributed by atoms with Gasteiger partial charge in [-0.1, -0.05) is 11.1 Å². The van der Waals surface area contributed by atoms with Crippen molar-refractivity contribution >= 4 is 0 Å². The molecule has 0 radical (unpaired) electrons. The molecule has 0 aromatic heterocycles. The van der Waals surface area contributed by atoms with E-state index in [-0.39, 0.29) is 0 Å². The molecule has 0 aromatic rings. The molecule has 0 N–H and O–H groups in total. The molecule has 0 saturated heterocycles. The minimum Gasteiger partial charge on any atom is -0.381 e. The van der Waals surface area contributed by atoms with Gasteiger partial charge in [0.1, 0.15) is 0 Å². The van der Waals surface area contributed by atoms with Gasteiger partial charge in [-0.15, -0.1) is 0 Å². The van der Waals surface area contributed by atoms with Crippen molar-refractivity contribution in [1.29, 1.82) is 0 Å². The fourth-order valence-electron chi connectivity index (χ4n) is 4.76. The van der Waals surface area contributed by atoms with Crippen LogP contribution < -0.4 is 0 Å². The van der Waals surface area contributed by atoms with Crippen molar-refractivity contribution < 1.29 is 4.74 Å². The Morgan fingerprint density at radius 2 is 1.93 bits per heavy atom. The molecule has 4 fully saturated rings. The van der Waals surface area contributed by atoms with Crippen LogP contribution in [0.15, 0.2) is 11.1 Å². The van der Waals surface area contributed by atoms with Gasteiger partial charge in [-0.2, -0.15) is 0 Å². The summed E-state index contributed by atoms with van der Waals surface area (Å²) in [7, 11) is 1.91. The van der Waals surface area contributed by atoms with Crippen LogP contribution in [0.5, 0.6) is 0 Å². The third-order valence-electron chi connectivity index (χ3n) is 4.98. The summed E-state index contributed by atoms with van der Waals surface area (Å²) in [6.45, 7) is 4.59. The van der Waals surface area contributed by atoms with Crippen LogP contribution in [0.3, 0.4) is 0 Å². The first-order valence-electron chi connectivity index (χ1n) is 6.40. The maximum Gasteiger partial charge on any atom is 0.0665 e. The Kier molecular flexibility index (Phi) is 2.21. The predicted octanol–water partition coefficient (Wildman–Crippen LogP) is 3.40. The lowest BCUT2D eigenvalue weighted by Crippen LogP contribution is -2.50. The van der Waals surface area contributed by atoms with E-state index >= 15 is 0 Å². The monoisotopic (exact) mass is 206 g/mol. The minimum atomic E-state index is 0.544. The van der Waals surface area contributed by atoms with Crippen molar-refractivity contribution in [2.45, 2.75) is 45.6 Å². The zero-order chi connectivity index (χ0) is 10.6. The normalized spacial score (nSPS) is 47.4.